The third-order valence-electron chi connectivity index (χ3n) is 2.90. The molecule has 0 saturated heterocycles. The van der Waals surface area contributed by atoms with E-state index in [2.05, 4.69) is 25.9 Å². The largest absolute Gasteiger partial charge is 0.289 e. The summed E-state index contributed by atoms with van der Waals surface area (Å²) < 4.78 is 0.789. The van der Waals surface area contributed by atoms with Gasteiger partial charge in [-0.15, -0.1) is 0 Å². The van der Waals surface area contributed by atoms with Gasteiger partial charge in [0, 0.05) is 45.8 Å². The average molecular weight is 313 g/mol. The summed E-state index contributed by atoms with van der Waals surface area (Å²) in [6, 6.07) is 9.32. The summed E-state index contributed by atoms with van der Waals surface area (Å²) in [4.78, 5) is 20.6. The second-order valence-corrected chi connectivity index (χ2v) is 5.04. The second-order valence-electron chi connectivity index (χ2n) is 4.12. The molecule has 3 nitrogen and oxygen atoms in total. The summed E-state index contributed by atoms with van der Waals surface area (Å²) in [6.45, 7) is 0. The number of fused-ring (bicyclic) bond motifs is 1. The van der Waals surface area contributed by atoms with Crippen molar-refractivity contribution >= 4 is 32.5 Å². The molecule has 0 saturated carbocycles. The van der Waals surface area contributed by atoms with Gasteiger partial charge in [-0.1, -0.05) is 18.2 Å². The number of nitrogens with zero attached hydrogens (tertiary/aromatic N) is 2. The van der Waals surface area contributed by atoms with Crippen LogP contribution >= 0.6 is 15.9 Å². The number of benzene rings is 1. The third kappa shape index (κ3) is 2.27. The van der Waals surface area contributed by atoms with E-state index in [0.29, 0.717) is 11.1 Å². The number of aromatic nitrogens is 2. The van der Waals surface area contributed by atoms with Crippen molar-refractivity contribution < 1.29 is 4.79 Å². The highest BCUT2D eigenvalue weighted by atomic mass is 79.9. The van der Waals surface area contributed by atoms with E-state index in [4.69, 9.17) is 0 Å². The quantitative estimate of drug-likeness (QED) is 0.679. The minimum atomic E-state index is -0.0487. The minimum absolute atomic E-state index is 0.0487. The van der Waals surface area contributed by atoms with Crippen molar-refractivity contribution in [1.29, 1.82) is 0 Å². The Morgan fingerprint density at radius 2 is 1.95 bits per heavy atom. The molecule has 0 amide bonds. The topological polar surface area (TPSA) is 42.9 Å². The summed E-state index contributed by atoms with van der Waals surface area (Å²) in [5.74, 6) is -0.0487. The van der Waals surface area contributed by atoms with Gasteiger partial charge in [0.2, 0.25) is 0 Å². The number of hydrogen-bond donors (Lipinski definition) is 0. The van der Waals surface area contributed by atoms with Crippen molar-refractivity contribution in [2.24, 2.45) is 0 Å². The van der Waals surface area contributed by atoms with Crippen molar-refractivity contribution in [3.63, 3.8) is 0 Å². The van der Waals surface area contributed by atoms with Crippen molar-refractivity contribution in [2.75, 3.05) is 0 Å². The van der Waals surface area contributed by atoms with Gasteiger partial charge in [0.05, 0.1) is 0 Å². The van der Waals surface area contributed by atoms with Crippen LogP contribution < -0.4 is 0 Å². The average Bonchev–Trinajstić information content (AvgIpc) is 2.46. The van der Waals surface area contributed by atoms with Gasteiger partial charge in [-0.2, -0.15) is 0 Å². The summed E-state index contributed by atoms with van der Waals surface area (Å²) in [7, 11) is 0. The Morgan fingerprint density at radius 3 is 2.79 bits per heavy atom. The van der Waals surface area contributed by atoms with Gasteiger partial charge in [0.15, 0.2) is 5.78 Å². The first-order valence-electron chi connectivity index (χ1n) is 5.74. The molecule has 0 unspecified atom stereocenters. The Balaban J connectivity index is 2.17. The summed E-state index contributed by atoms with van der Waals surface area (Å²) in [5.41, 5.74) is 1.20. The minimum Gasteiger partial charge on any atom is -0.289 e. The number of pyridine rings is 2. The molecule has 0 aliphatic rings. The molecule has 19 heavy (non-hydrogen) atoms. The first-order valence-corrected chi connectivity index (χ1v) is 6.53. The van der Waals surface area contributed by atoms with Crippen LogP contribution in [0.15, 0.2) is 59.6 Å². The standard InChI is InChI=1S/C15H9BrN2O/c16-12-6-11(7-18-8-12)15(19)13-3-1-2-10-4-5-17-9-14(10)13/h1-9H. The van der Waals surface area contributed by atoms with Crippen molar-refractivity contribution in [3.05, 3.63) is 70.7 Å². The highest BCUT2D eigenvalue weighted by Gasteiger charge is 2.13. The van der Waals surface area contributed by atoms with Gasteiger partial charge >= 0.3 is 0 Å². The zero-order chi connectivity index (χ0) is 13.2. The first-order chi connectivity index (χ1) is 9.25. The van der Waals surface area contributed by atoms with Crippen LogP contribution in [0.4, 0.5) is 0 Å². The van der Waals surface area contributed by atoms with E-state index in [-0.39, 0.29) is 5.78 Å². The van der Waals surface area contributed by atoms with Gasteiger partial charge in [-0.05, 0) is 33.4 Å². The summed E-state index contributed by atoms with van der Waals surface area (Å²) in [6.07, 6.45) is 6.66. The maximum atomic E-state index is 12.5. The third-order valence-corrected chi connectivity index (χ3v) is 3.33. The molecule has 92 valence electrons. The molecule has 2 heterocycles. The fourth-order valence-electron chi connectivity index (χ4n) is 2.00. The number of hydrogen-bond acceptors (Lipinski definition) is 3. The van der Waals surface area contributed by atoms with Gasteiger partial charge < -0.3 is 0 Å². The van der Waals surface area contributed by atoms with E-state index in [9.17, 15) is 4.79 Å². The van der Waals surface area contributed by atoms with Crippen molar-refractivity contribution in [2.45, 2.75) is 0 Å². The predicted molar refractivity (Wildman–Crippen MR) is 77.1 cm³/mol. The molecular weight excluding hydrogens is 304 g/mol. The Labute approximate surface area is 118 Å². The van der Waals surface area contributed by atoms with Gasteiger partial charge in [-0.25, -0.2) is 0 Å². The van der Waals surface area contributed by atoms with Gasteiger partial charge in [0.25, 0.3) is 0 Å². The fraction of sp³-hybridized carbons (Fsp3) is 0. The lowest BCUT2D eigenvalue weighted by atomic mass is 9.99. The Hall–Kier alpha value is -2.07. The molecule has 2 aromatic heterocycles. The lowest BCUT2D eigenvalue weighted by Gasteiger charge is -2.05. The fourth-order valence-corrected chi connectivity index (χ4v) is 2.37. The Morgan fingerprint density at radius 1 is 1.05 bits per heavy atom. The molecule has 0 aliphatic heterocycles. The molecule has 0 atom stereocenters. The molecule has 4 heteroatoms. The molecule has 0 aliphatic carbocycles. The van der Waals surface area contributed by atoms with E-state index in [1.54, 1.807) is 30.9 Å². The number of rotatable bonds is 2. The molecule has 0 fully saturated rings. The van der Waals surface area contributed by atoms with E-state index in [1.807, 2.05) is 24.3 Å². The lowest BCUT2D eigenvalue weighted by molar-refractivity contribution is 0.104. The summed E-state index contributed by atoms with van der Waals surface area (Å²) >= 11 is 3.33. The number of carbonyl (C=O) groups excluding carboxylic acids is 1. The smallest absolute Gasteiger partial charge is 0.195 e. The molecule has 0 bridgehead atoms. The zero-order valence-electron chi connectivity index (χ0n) is 9.88. The maximum Gasteiger partial charge on any atom is 0.195 e. The summed E-state index contributed by atoms with van der Waals surface area (Å²) in [5, 5.41) is 1.86. The number of ketones is 1. The first kappa shape index (κ1) is 12.0. The van der Waals surface area contributed by atoms with Crippen LogP contribution in [0.25, 0.3) is 10.8 Å². The molecule has 0 radical (unpaired) electrons. The van der Waals surface area contributed by atoms with Crippen LogP contribution in [-0.4, -0.2) is 15.8 Å². The highest BCUT2D eigenvalue weighted by molar-refractivity contribution is 9.10. The Bertz CT molecular complexity index is 765. The van der Waals surface area contributed by atoms with Crippen LogP contribution in [0.3, 0.4) is 0 Å². The van der Waals surface area contributed by atoms with Crippen LogP contribution in [0.2, 0.25) is 0 Å². The van der Waals surface area contributed by atoms with Crippen LogP contribution in [-0.2, 0) is 0 Å². The van der Waals surface area contributed by atoms with E-state index in [0.717, 1.165) is 15.2 Å². The monoisotopic (exact) mass is 312 g/mol. The molecule has 0 N–H and O–H groups in total. The van der Waals surface area contributed by atoms with E-state index in [1.165, 1.54) is 0 Å². The highest BCUT2D eigenvalue weighted by Crippen LogP contribution is 2.21. The van der Waals surface area contributed by atoms with Crippen molar-refractivity contribution in [3.8, 4) is 0 Å². The van der Waals surface area contributed by atoms with Crippen LogP contribution in [0.1, 0.15) is 15.9 Å². The Kier molecular flexibility index (Phi) is 3.09. The SMILES string of the molecule is O=C(c1cncc(Br)c1)c1cccc2ccncc12. The lowest BCUT2D eigenvalue weighted by Crippen LogP contribution is -2.02. The van der Waals surface area contributed by atoms with E-state index < -0.39 is 0 Å². The van der Waals surface area contributed by atoms with E-state index >= 15 is 0 Å². The van der Waals surface area contributed by atoms with Crippen LogP contribution in [0.5, 0.6) is 0 Å². The normalized spacial score (nSPS) is 10.6. The van der Waals surface area contributed by atoms with Gasteiger partial charge in [0.1, 0.15) is 0 Å². The number of carbonyl (C=O) groups is 1. The second kappa shape index (κ2) is 4.90. The molecule has 3 rings (SSSR count). The van der Waals surface area contributed by atoms with Crippen LogP contribution in [0, 0.1) is 0 Å². The maximum absolute atomic E-state index is 12.5. The molecule has 3 aromatic rings. The van der Waals surface area contributed by atoms with Crippen molar-refractivity contribution in [1.82, 2.24) is 9.97 Å². The van der Waals surface area contributed by atoms with Gasteiger partial charge in [-0.3, -0.25) is 14.8 Å². The zero-order valence-corrected chi connectivity index (χ0v) is 11.5. The molecule has 1 aromatic carbocycles. The molecule has 0 spiro atoms. The molecular formula is C15H9BrN2O. The predicted octanol–water partition coefficient (Wildman–Crippen LogP) is 3.62. The number of halogens is 1.